The Morgan fingerprint density at radius 2 is 2.00 bits per heavy atom. The lowest BCUT2D eigenvalue weighted by Crippen LogP contribution is -2.31. The molecule has 1 N–H and O–H groups in total. The molecular weight excluding hydrogens is 350 g/mol. The highest BCUT2D eigenvalue weighted by molar-refractivity contribution is 7.89. The van der Waals surface area contributed by atoms with E-state index in [0.717, 1.165) is 24.0 Å². The van der Waals surface area contributed by atoms with Gasteiger partial charge in [0.2, 0.25) is 10.0 Å². The Morgan fingerprint density at radius 3 is 2.69 bits per heavy atom. The molecule has 1 fully saturated rings. The topological polar surface area (TPSA) is 79.4 Å². The predicted octanol–water partition coefficient (Wildman–Crippen LogP) is 2.67. The number of carbonyl (C=O) groups excluding carboxylic acids is 1. The van der Waals surface area contributed by atoms with Crippen molar-refractivity contribution < 1.29 is 13.2 Å². The van der Waals surface area contributed by atoms with Gasteiger partial charge in [-0.15, -0.1) is 0 Å². The first-order valence-corrected chi connectivity index (χ1v) is 10.2. The minimum atomic E-state index is -3.60. The summed E-state index contributed by atoms with van der Waals surface area (Å²) in [5, 5.41) is 0. The number of aromatic nitrogens is 1. The van der Waals surface area contributed by atoms with Gasteiger partial charge in [0, 0.05) is 31.0 Å². The van der Waals surface area contributed by atoms with Crippen molar-refractivity contribution in [3.63, 3.8) is 0 Å². The number of hydrogen-bond donors (Lipinski definition) is 1. The Balaban J connectivity index is 1.94. The summed E-state index contributed by atoms with van der Waals surface area (Å²) in [7, 11) is -3.60. The third-order valence-corrected chi connectivity index (χ3v) is 6.23. The second kappa shape index (κ2) is 7.55. The molecule has 1 atom stereocenters. The van der Waals surface area contributed by atoms with E-state index in [-0.39, 0.29) is 16.8 Å². The maximum atomic E-state index is 13.2. The first kappa shape index (κ1) is 18.5. The molecule has 1 aromatic heterocycles. The number of sulfonamides is 1. The van der Waals surface area contributed by atoms with Crippen molar-refractivity contribution in [3.8, 4) is 0 Å². The summed E-state index contributed by atoms with van der Waals surface area (Å²) in [6.07, 6.45) is 5.27. The summed E-state index contributed by atoms with van der Waals surface area (Å²) in [4.78, 5) is 19.2. The maximum absolute atomic E-state index is 13.2. The molecule has 0 bridgehead atoms. The van der Waals surface area contributed by atoms with Crippen LogP contribution in [-0.2, 0) is 10.0 Å². The van der Waals surface area contributed by atoms with E-state index in [1.807, 2.05) is 24.0 Å². The van der Waals surface area contributed by atoms with Crippen LogP contribution in [0.2, 0.25) is 0 Å². The number of likely N-dealkylation sites (tertiary alicyclic amines) is 1. The van der Waals surface area contributed by atoms with Gasteiger partial charge in [0.1, 0.15) is 0 Å². The molecule has 2 aromatic rings. The van der Waals surface area contributed by atoms with Gasteiger partial charge in [-0.05, 0) is 55.2 Å². The second-order valence-electron chi connectivity index (χ2n) is 6.42. The zero-order chi connectivity index (χ0) is 18.7. The fourth-order valence-corrected chi connectivity index (χ4v) is 4.44. The SMILES string of the molecule is CCNS(=O)(=O)c1ccc(C)c(C(=O)N2CCCC2c2ccncc2)c1. The number of hydrogen-bond acceptors (Lipinski definition) is 4. The first-order valence-electron chi connectivity index (χ1n) is 8.75. The molecule has 1 amide bonds. The molecule has 7 heteroatoms. The third kappa shape index (κ3) is 3.64. The minimum absolute atomic E-state index is 0.000991. The lowest BCUT2D eigenvalue weighted by molar-refractivity contribution is 0.0734. The highest BCUT2D eigenvalue weighted by Gasteiger charge is 2.31. The Labute approximate surface area is 154 Å². The van der Waals surface area contributed by atoms with Crippen LogP contribution in [0.25, 0.3) is 0 Å². The number of benzene rings is 1. The summed E-state index contributed by atoms with van der Waals surface area (Å²) in [5.74, 6) is -0.129. The van der Waals surface area contributed by atoms with Crippen LogP contribution in [-0.4, -0.2) is 37.3 Å². The number of nitrogens with one attached hydrogen (secondary N) is 1. The van der Waals surface area contributed by atoms with Gasteiger partial charge in [-0.1, -0.05) is 13.0 Å². The van der Waals surface area contributed by atoms with E-state index >= 15 is 0 Å². The Morgan fingerprint density at radius 1 is 1.27 bits per heavy atom. The lowest BCUT2D eigenvalue weighted by atomic mass is 10.0. The van der Waals surface area contributed by atoms with Crippen LogP contribution in [0.1, 0.15) is 47.3 Å². The molecule has 0 saturated carbocycles. The molecule has 2 heterocycles. The second-order valence-corrected chi connectivity index (χ2v) is 8.18. The standard InChI is InChI=1S/C19H23N3O3S/c1-3-21-26(24,25)16-7-6-14(2)17(13-16)19(23)22-12-4-5-18(22)15-8-10-20-11-9-15/h6-11,13,18,21H,3-5,12H2,1-2H3. The van der Waals surface area contributed by atoms with Gasteiger partial charge in [-0.2, -0.15) is 0 Å². The van der Waals surface area contributed by atoms with Crippen molar-refractivity contribution in [2.45, 2.75) is 37.6 Å². The maximum Gasteiger partial charge on any atom is 0.254 e. The molecule has 26 heavy (non-hydrogen) atoms. The van der Waals surface area contributed by atoms with Gasteiger partial charge in [-0.3, -0.25) is 9.78 Å². The number of nitrogens with zero attached hydrogens (tertiary/aromatic N) is 2. The highest BCUT2D eigenvalue weighted by Crippen LogP contribution is 2.33. The van der Waals surface area contributed by atoms with Crippen molar-refractivity contribution in [2.75, 3.05) is 13.1 Å². The van der Waals surface area contributed by atoms with Gasteiger partial charge in [0.25, 0.3) is 5.91 Å². The Bertz CT molecular complexity index is 898. The van der Waals surface area contributed by atoms with E-state index in [9.17, 15) is 13.2 Å². The summed E-state index contributed by atoms with van der Waals surface area (Å²) in [5.41, 5.74) is 2.26. The summed E-state index contributed by atoms with van der Waals surface area (Å²) in [6.45, 7) is 4.51. The van der Waals surface area contributed by atoms with Crippen LogP contribution in [0.4, 0.5) is 0 Å². The van der Waals surface area contributed by atoms with Crippen molar-refractivity contribution >= 4 is 15.9 Å². The first-order chi connectivity index (χ1) is 12.4. The third-order valence-electron chi connectivity index (χ3n) is 4.69. The quantitative estimate of drug-likeness (QED) is 0.874. The van der Waals surface area contributed by atoms with Gasteiger partial charge in [0.15, 0.2) is 0 Å². The summed E-state index contributed by atoms with van der Waals surface area (Å²) < 4.78 is 27.0. The molecule has 1 saturated heterocycles. The van der Waals surface area contributed by atoms with Crippen LogP contribution in [0.15, 0.2) is 47.6 Å². The van der Waals surface area contributed by atoms with Crippen molar-refractivity contribution in [1.82, 2.24) is 14.6 Å². The van der Waals surface area contributed by atoms with Crippen LogP contribution in [0.5, 0.6) is 0 Å². The largest absolute Gasteiger partial charge is 0.332 e. The molecule has 1 aliphatic heterocycles. The number of aryl methyl sites for hydroxylation is 1. The number of rotatable bonds is 5. The highest BCUT2D eigenvalue weighted by atomic mass is 32.2. The fourth-order valence-electron chi connectivity index (χ4n) is 3.37. The molecule has 0 radical (unpaired) electrons. The monoisotopic (exact) mass is 373 g/mol. The average molecular weight is 373 g/mol. The molecule has 6 nitrogen and oxygen atoms in total. The molecule has 138 valence electrons. The predicted molar refractivity (Wildman–Crippen MR) is 99.3 cm³/mol. The van der Waals surface area contributed by atoms with Gasteiger partial charge >= 0.3 is 0 Å². The van der Waals surface area contributed by atoms with E-state index in [1.54, 1.807) is 25.4 Å². The lowest BCUT2D eigenvalue weighted by Gasteiger charge is -2.26. The number of amides is 1. The van der Waals surface area contributed by atoms with Gasteiger partial charge in [-0.25, -0.2) is 13.1 Å². The van der Waals surface area contributed by atoms with Crippen LogP contribution in [0, 0.1) is 6.92 Å². The zero-order valence-electron chi connectivity index (χ0n) is 15.0. The fraction of sp³-hybridized carbons (Fsp3) is 0.368. The molecular formula is C19H23N3O3S. The molecule has 1 aromatic carbocycles. The van der Waals surface area contributed by atoms with Crippen LogP contribution >= 0.6 is 0 Å². The summed E-state index contributed by atoms with van der Waals surface area (Å²) in [6, 6.07) is 8.56. The summed E-state index contributed by atoms with van der Waals surface area (Å²) >= 11 is 0. The molecule has 0 spiro atoms. The minimum Gasteiger partial charge on any atom is -0.332 e. The van der Waals surface area contributed by atoms with Crippen molar-refractivity contribution in [3.05, 3.63) is 59.4 Å². The van der Waals surface area contributed by atoms with E-state index < -0.39 is 10.0 Å². The van der Waals surface area contributed by atoms with Crippen molar-refractivity contribution in [2.24, 2.45) is 0 Å². The van der Waals surface area contributed by atoms with E-state index in [4.69, 9.17) is 0 Å². The molecule has 3 rings (SSSR count). The van der Waals surface area contributed by atoms with E-state index in [2.05, 4.69) is 9.71 Å². The van der Waals surface area contributed by atoms with Gasteiger partial charge in [0.05, 0.1) is 10.9 Å². The van der Waals surface area contributed by atoms with Gasteiger partial charge < -0.3 is 4.90 Å². The Hall–Kier alpha value is -2.25. The van der Waals surface area contributed by atoms with Crippen molar-refractivity contribution in [1.29, 1.82) is 0 Å². The average Bonchev–Trinajstić information content (AvgIpc) is 3.12. The normalized spacial score (nSPS) is 17.5. The molecule has 1 unspecified atom stereocenters. The number of carbonyl (C=O) groups is 1. The zero-order valence-corrected chi connectivity index (χ0v) is 15.8. The molecule has 0 aliphatic carbocycles. The smallest absolute Gasteiger partial charge is 0.254 e. The van der Waals surface area contributed by atoms with E-state index in [0.29, 0.717) is 18.7 Å². The Kier molecular flexibility index (Phi) is 5.38. The van der Waals surface area contributed by atoms with Crippen LogP contribution < -0.4 is 4.72 Å². The van der Waals surface area contributed by atoms with E-state index in [1.165, 1.54) is 12.1 Å². The number of pyridine rings is 1. The van der Waals surface area contributed by atoms with Crippen LogP contribution in [0.3, 0.4) is 0 Å². The molecule has 1 aliphatic rings.